The summed E-state index contributed by atoms with van der Waals surface area (Å²) in [6, 6.07) is 0.760. The van der Waals surface area contributed by atoms with Gasteiger partial charge in [-0.3, -0.25) is 4.79 Å². The summed E-state index contributed by atoms with van der Waals surface area (Å²) in [7, 11) is 0. The lowest BCUT2D eigenvalue weighted by Gasteiger charge is -2.30. The molecule has 0 aromatic carbocycles. The fourth-order valence-corrected chi connectivity index (χ4v) is 3.47. The van der Waals surface area contributed by atoms with E-state index in [1.165, 1.54) is 0 Å². The second-order valence-corrected chi connectivity index (χ2v) is 7.03. The third-order valence-corrected chi connectivity index (χ3v) is 5.48. The summed E-state index contributed by atoms with van der Waals surface area (Å²) in [5.74, 6) is 0.218. The number of amides is 1. The molecule has 1 aliphatic heterocycles. The van der Waals surface area contributed by atoms with E-state index in [-0.39, 0.29) is 23.5 Å². The van der Waals surface area contributed by atoms with E-state index >= 15 is 0 Å². The number of halogens is 4. The van der Waals surface area contributed by atoms with Crippen LogP contribution in [0.25, 0.3) is 0 Å². The second-order valence-electron chi connectivity index (χ2n) is 6.62. The molecule has 3 N–H and O–H groups in total. The summed E-state index contributed by atoms with van der Waals surface area (Å²) in [4.78, 5) is 18.3. The first kappa shape index (κ1) is 20.8. The lowest BCUT2D eigenvalue weighted by Crippen LogP contribution is -2.49. The van der Waals surface area contributed by atoms with Crippen LogP contribution in [-0.4, -0.2) is 36.6 Å². The van der Waals surface area contributed by atoms with Crippen molar-refractivity contribution >= 4 is 23.3 Å². The summed E-state index contributed by atoms with van der Waals surface area (Å²) in [5.41, 5.74) is 4.33. The van der Waals surface area contributed by atoms with Crippen LogP contribution in [0.5, 0.6) is 0 Å². The standard InChI is InChI=1S/C17H24ClF3N4O/c1-3-16(4-2,10-22)15(26)24-12-5-6-25(9-12)14-13(18)7-11(8-23-14)17(19,20)21/h7-8,12H,3-6,9-10,22H2,1-2H3,(H,24,26). The minimum Gasteiger partial charge on any atom is -0.353 e. The fraction of sp³-hybridized carbons (Fsp3) is 0.647. The summed E-state index contributed by atoms with van der Waals surface area (Å²) in [6.07, 6.45) is -1.74. The minimum atomic E-state index is -4.48. The number of carbonyl (C=O) groups is 1. The van der Waals surface area contributed by atoms with Crippen molar-refractivity contribution in [3.8, 4) is 0 Å². The van der Waals surface area contributed by atoms with Crippen LogP contribution in [0.3, 0.4) is 0 Å². The number of pyridine rings is 1. The van der Waals surface area contributed by atoms with Crippen LogP contribution in [0, 0.1) is 5.41 Å². The van der Waals surface area contributed by atoms with Gasteiger partial charge in [0.25, 0.3) is 0 Å². The molecule has 5 nitrogen and oxygen atoms in total. The number of nitrogens with zero attached hydrogens (tertiary/aromatic N) is 2. The van der Waals surface area contributed by atoms with Crippen molar-refractivity contribution < 1.29 is 18.0 Å². The number of hydrogen-bond acceptors (Lipinski definition) is 4. The summed E-state index contributed by atoms with van der Waals surface area (Å²) in [6.45, 7) is 5.13. The second kappa shape index (κ2) is 8.00. The van der Waals surface area contributed by atoms with Gasteiger partial charge in [0.15, 0.2) is 0 Å². The average molecular weight is 393 g/mol. The minimum absolute atomic E-state index is 0.0507. The third kappa shape index (κ3) is 4.23. The van der Waals surface area contributed by atoms with E-state index in [1.54, 1.807) is 4.90 Å². The van der Waals surface area contributed by atoms with E-state index in [2.05, 4.69) is 10.3 Å². The topological polar surface area (TPSA) is 71.2 Å². The Labute approximate surface area is 156 Å². The Hall–Kier alpha value is -1.54. The highest BCUT2D eigenvalue weighted by molar-refractivity contribution is 6.33. The van der Waals surface area contributed by atoms with Gasteiger partial charge in [0.1, 0.15) is 5.82 Å². The summed E-state index contributed by atoms with van der Waals surface area (Å²) < 4.78 is 38.2. The maximum atomic E-state index is 12.7. The number of hydrogen-bond donors (Lipinski definition) is 2. The van der Waals surface area contributed by atoms with Crippen molar-refractivity contribution in [2.24, 2.45) is 11.1 Å². The van der Waals surface area contributed by atoms with Gasteiger partial charge in [0.2, 0.25) is 5.91 Å². The van der Waals surface area contributed by atoms with Crippen LogP contribution < -0.4 is 16.0 Å². The molecule has 0 spiro atoms. The van der Waals surface area contributed by atoms with Crippen molar-refractivity contribution in [1.82, 2.24) is 10.3 Å². The molecule has 1 aliphatic rings. The molecule has 9 heteroatoms. The van der Waals surface area contributed by atoms with Gasteiger partial charge < -0.3 is 16.0 Å². The molecule has 0 bridgehead atoms. The van der Waals surface area contributed by atoms with Gasteiger partial charge >= 0.3 is 6.18 Å². The quantitative estimate of drug-likeness (QED) is 0.779. The summed E-state index contributed by atoms with van der Waals surface area (Å²) in [5, 5.41) is 2.97. The van der Waals surface area contributed by atoms with E-state index in [1.807, 2.05) is 13.8 Å². The number of alkyl halides is 3. The van der Waals surface area contributed by atoms with E-state index in [0.29, 0.717) is 38.2 Å². The van der Waals surface area contributed by atoms with E-state index in [0.717, 1.165) is 12.3 Å². The molecule has 1 atom stereocenters. The molecule has 1 saturated heterocycles. The van der Waals surface area contributed by atoms with E-state index < -0.39 is 17.2 Å². The SMILES string of the molecule is CCC(CC)(CN)C(=O)NC1CCN(c2ncc(C(F)(F)F)cc2Cl)C1. The molecule has 1 fully saturated rings. The predicted molar refractivity (Wildman–Crippen MR) is 95.1 cm³/mol. The van der Waals surface area contributed by atoms with Crippen LogP contribution in [0.15, 0.2) is 12.3 Å². The molecule has 0 radical (unpaired) electrons. The average Bonchev–Trinajstić information content (AvgIpc) is 3.04. The third-order valence-electron chi connectivity index (χ3n) is 5.20. The monoisotopic (exact) mass is 392 g/mol. The van der Waals surface area contributed by atoms with Gasteiger partial charge in [-0.1, -0.05) is 25.4 Å². The van der Waals surface area contributed by atoms with Crippen LogP contribution >= 0.6 is 11.6 Å². The number of nitrogens with two attached hydrogens (primary N) is 1. The zero-order valence-corrected chi connectivity index (χ0v) is 15.6. The highest BCUT2D eigenvalue weighted by Gasteiger charge is 2.37. The first-order valence-corrected chi connectivity index (χ1v) is 9.03. The predicted octanol–water partition coefficient (Wildman–Crippen LogP) is 3.21. The van der Waals surface area contributed by atoms with Crippen molar-refractivity contribution in [2.75, 3.05) is 24.5 Å². The number of aromatic nitrogens is 1. The van der Waals surface area contributed by atoms with Gasteiger partial charge in [0, 0.05) is 31.9 Å². The van der Waals surface area contributed by atoms with Crippen molar-refractivity contribution in [1.29, 1.82) is 0 Å². The Kier molecular flexibility index (Phi) is 6.39. The molecule has 1 amide bonds. The molecular weight excluding hydrogens is 369 g/mol. The van der Waals surface area contributed by atoms with Gasteiger partial charge in [-0.15, -0.1) is 0 Å². The van der Waals surface area contributed by atoms with Crippen molar-refractivity contribution in [2.45, 2.75) is 45.3 Å². The molecule has 2 rings (SSSR count). The Morgan fingerprint density at radius 1 is 1.42 bits per heavy atom. The number of anilines is 1. The maximum Gasteiger partial charge on any atom is 0.417 e. The van der Waals surface area contributed by atoms with Gasteiger partial charge in [-0.05, 0) is 25.3 Å². The first-order valence-electron chi connectivity index (χ1n) is 8.65. The Bertz CT molecular complexity index is 641. The largest absolute Gasteiger partial charge is 0.417 e. The van der Waals surface area contributed by atoms with Gasteiger partial charge in [-0.25, -0.2) is 4.98 Å². The molecule has 1 aromatic heterocycles. The number of rotatable bonds is 6. The maximum absolute atomic E-state index is 12.7. The summed E-state index contributed by atoms with van der Waals surface area (Å²) >= 11 is 6.00. The highest BCUT2D eigenvalue weighted by atomic mass is 35.5. The van der Waals surface area contributed by atoms with Crippen LogP contribution in [0.1, 0.15) is 38.7 Å². The van der Waals surface area contributed by atoms with Crippen LogP contribution in [0.4, 0.5) is 19.0 Å². The molecule has 146 valence electrons. The Morgan fingerprint density at radius 3 is 2.58 bits per heavy atom. The Balaban J connectivity index is 2.06. The molecular formula is C17H24ClF3N4O. The molecule has 1 unspecified atom stereocenters. The van der Waals surface area contributed by atoms with Gasteiger partial charge in [0.05, 0.1) is 16.0 Å². The zero-order valence-electron chi connectivity index (χ0n) is 14.9. The highest BCUT2D eigenvalue weighted by Crippen LogP contribution is 2.34. The molecule has 26 heavy (non-hydrogen) atoms. The van der Waals surface area contributed by atoms with Crippen molar-refractivity contribution in [3.05, 3.63) is 22.8 Å². The molecule has 2 heterocycles. The fourth-order valence-electron chi connectivity index (χ4n) is 3.18. The lowest BCUT2D eigenvalue weighted by molar-refractivity contribution is -0.137. The Morgan fingerprint density at radius 2 is 2.08 bits per heavy atom. The lowest BCUT2D eigenvalue weighted by atomic mass is 9.81. The smallest absolute Gasteiger partial charge is 0.353 e. The van der Waals surface area contributed by atoms with Crippen molar-refractivity contribution in [3.63, 3.8) is 0 Å². The van der Waals surface area contributed by atoms with E-state index in [4.69, 9.17) is 17.3 Å². The number of carbonyl (C=O) groups excluding carboxylic acids is 1. The van der Waals surface area contributed by atoms with Crippen LogP contribution in [0.2, 0.25) is 5.02 Å². The van der Waals surface area contributed by atoms with Gasteiger partial charge in [-0.2, -0.15) is 13.2 Å². The zero-order chi connectivity index (χ0) is 19.5. The molecule has 0 saturated carbocycles. The molecule has 0 aliphatic carbocycles. The number of nitrogens with one attached hydrogen (secondary N) is 1. The molecule has 1 aromatic rings. The normalized spacial score (nSPS) is 18.3. The van der Waals surface area contributed by atoms with Crippen LogP contribution in [-0.2, 0) is 11.0 Å². The first-order chi connectivity index (χ1) is 12.2. The van der Waals surface area contributed by atoms with E-state index in [9.17, 15) is 18.0 Å².